The molecule has 7 heteroatoms. The second-order valence-corrected chi connectivity index (χ2v) is 7.83. The van der Waals surface area contributed by atoms with Gasteiger partial charge < -0.3 is 20.4 Å². The van der Waals surface area contributed by atoms with Crippen LogP contribution < -0.4 is 16.0 Å². The van der Waals surface area contributed by atoms with E-state index in [1.165, 1.54) is 12.3 Å². The van der Waals surface area contributed by atoms with Crippen LogP contribution in [0.4, 0.5) is 5.69 Å². The van der Waals surface area contributed by atoms with Gasteiger partial charge in [-0.05, 0) is 35.7 Å². The van der Waals surface area contributed by atoms with Gasteiger partial charge in [0.15, 0.2) is 5.76 Å². The van der Waals surface area contributed by atoms with Crippen LogP contribution in [0.25, 0.3) is 0 Å². The molecule has 1 heterocycles. The van der Waals surface area contributed by atoms with E-state index < -0.39 is 17.9 Å². The number of anilines is 1. The van der Waals surface area contributed by atoms with E-state index in [1.54, 1.807) is 30.3 Å². The van der Waals surface area contributed by atoms with Crippen molar-refractivity contribution in [2.75, 3.05) is 11.9 Å². The Kier molecular flexibility index (Phi) is 7.80. The summed E-state index contributed by atoms with van der Waals surface area (Å²) in [5, 5.41) is 8.41. The lowest BCUT2D eigenvalue weighted by atomic mass is 10.0. The second-order valence-electron chi connectivity index (χ2n) is 7.83. The predicted molar refractivity (Wildman–Crippen MR) is 122 cm³/mol. The highest BCUT2D eigenvalue weighted by molar-refractivity contribution is 6.08. The fourth-order valence-electron chi connectivity index (χ4n) is 3.10. The lowest BCUT2D eigenvalue weighted by Gasteiger charge is -2.20. The molecule has 0 saturated heterocycles. The molecule has 0 unspecified atom stereocenters. The molecule has 0 aliphatic heterocycles. The van der Waals surface area contributed by atoms with E-state index in [-0.39, 0.29) is 23.1 Å². The molecule has 0 saturated carbocycles. The van der Waals surface area contributed by atoms with Gasteiger partial charge >= 0.3 is 0 Å². The molecule has 166 valence electrons. The zero-order valence-electron chi connectivity index (χ0n) is 18.1. The first kappa shape index (κ1) is 22.8. The van der Waals surface area contributed by atoms with Crippen molar-refractivity contribution >= 4 is 23.4 Å². The first-order valence-corrected chi connectivity index (χ1v) is 10.5. The Balaban J connectivity index is 1.77. The summed E-state index contributed by atoms with van der Waals surface area (Å²) in [5.74, 6) is -0.764. The molecule has 7 nitrogen and oxygen atoms in total. The van der Waals surface area contributed by atoms with Gasteiger partial charge in [0.2, 0.25) is 5.91 Å². The average Bonchev–Trinajstić information content (AvgIpc) is 3.33. The summed E-state index contributed by atoms with van der Waals surface area (Å²) in [6, 6.07) is 18.5. The Morgan fingerprint density at radius 1 is 0.875 bits per heavy atom. The van der Waals surface area contributed by atoms with Crippen molar-refractivity contribution in [2.45, 2.75) is 26.3 Å². The number of hydrogen-bond donors (Lipinski definition) is 3. The van der Waals surface area contributed by atoms with Gasteiger partial charge in [-0.3, -0.25) is 14.4 Å². The molecule has 3 rings (SSSR count). The van der Waals surface area contributed by atoms with Crippen LogP contribution in [-0.2, 0) is 11.2 Å². The van der Waals surface area contributed by atoms with Gasteiger partial charge in [-0.25, -0.2) is 0 Å². The molecule has 0 aliphatic rings. The molecular weight excluding hydrogens is 406 g/mol. The maximum atomic E-state index is 13.1. The average molecular weight is 434 g/mol. The first-order valence-electron chi connectivity index (χ1n) is 10.5. The lowest BCUT2D eigenvalue weighted by Crippen LogP contribution is -2.48. The topological polar surface area (TPSA) is 100 Å². The van der Waals surface area contributed by atoms with E-state index in [1.807, 2.05) is 44.2 Å². The number of nitrogens with one attached hydrogen (secondary N) is 3. The Morgan fingerprint density at radius 3 is 2.28 bits per heavy atom. The molecule has 0 bridgehead atoms. The molecule has 1 atom stereocenters. The van der Waals surface area contributed by atoms with Crippen LogP contribution in [0.1, 0.15) is 40.3 Å². The highest BCUT2D eigenvalue weighted by Crippen LogP contribution is 2.17. The third-order valence-electron chi connectivity index (χ3n) is 4.75. The fraction of sp³-hybridized carbons (Fsp3) is 0.240. The van der Waals surface area contributed by atoms with E-state index in [0.29, 0.717) is 18.7 Å². The molecular formula is C25H27N3O4. The maximum absolute atomic E-state index is 13.1. The number of hydrogen-bond acceptors (Lipinski definition) is 4. The van der Waals surface area contributed by atoms with Crippen LogP contribution in [0.15, 0.2) is 77.4 Å². The van der Waals surface area contributed by atoms with Gasteiger partial charge in [-0.15, -0.1) is 0 Å². The van der Waals surface area contributed by atoms with Gasteiger partial charge in [-0.1, -0.05) is 56.3 Å². The van der Waals surface area contributed by atoms with Crippen LogP contribution in [-0.4, -0.2) is 30.3 Å². The molecule has 2 aromatic carbocycles. The van der Waals surface area contributed by atoms with E-state index in [9.17, 15) is 14.4 Å². The SMILES string of the molecule is CC(C)CNC(=O)[C@H](Cc1ccccc1)NC(=O)c1ccccc1NC(=O)c1ccco1. The minimum atomic E-state index is -0.766. The van der Waals surface area contributed by atoms with Gasteiger partial charge in [-0.2, -0.15) is 0 Å². The summed E-state index contributed by atoms with van der Waals surface area (Å²) in [5.41, 5.74) is 1.51. The smallest absolute Gasteiger partial charge is 0.291 e. The molecule has 0 radical (unpaired) electrons. The highest BCUT2D eigenvalue weighted by atomic mass is 16.3. The van der Waals surface area contributed by atoms with Gasteiger partial charge in [0.05, 0.1) is 17.5 Å². The lowest BCUT2D eigenvalue weighted by molar-refractivity contribution is -0.123. The van der Waals surface area contributed by atoms with Gasteiger partial charge in [0.1, 0.15) is 6.04 Å². The predicted octanol–water partition coefficient (Wildman–Crippen LogP) is 3.65. The van der Waals surface area contributed by atoms with Crippen molar-refractivity contribution in [3.63, 3.8) is 0 Å². The minimum Gasteiger partial charge on any atom is -0.459 e. The Morgan fingerprint density at radius 2 is 1.59 bits per heavy atom. The molecule has 0 fully saturated rings. The molecule has 0 spiro atoms. The van der Waals surface area contributed by atoms with E-state index in [0.717, 1.165) is 5.56 Å². The van der Waals surface area contributed by atoms with Crippen LogP contribution in [0, 0.1) is 5.92 Å². The van der Waals surface area contributed by atoms with Crippen molar-refractivity contribution in [1.29, 1.82) is 0 Å². The molecule has 1 aromatic heterocycles. The first-order chi connectivity index (χ1) is 15.4. The van der Waals surface area contributed by atoms with Crippen LogP contribution in [0.5, 0.6) is 0 Å². The quantitative estimate of drug-likeness (QED) is 0.480. The number of carbonyl (C=O) groups excluding carboxylic acids is 3. The third-order valence-corrected chi connectivity index (χ3v) is 4.75. The number of rotatable bonds is 9. The molecule has 0 aliphatic carbocycles. The second kappa shape index (κ2) is 10.9. The van der Waals surface area contributed by atoms with Crippen molar-refractivity contribution in [1.82, 2.24) is 10.6 Å². The fourth-order valence-corrected chi connectivity index (χ4v) is 3.10. The summed E-state index contributed by atoms with van der Waals surface area (Å²) < 4.78 is 5.11. The molecule has 3 N–H and O–H groups in total. The van der Waals surface area contributed by atoms with Gasteiger partial charge in [0, 0.05) is 13.0 Å². The number of benzene rings is 2. The van der Waals surface area contributed by atoms with Gasteiger partial charge in [0.25, 0.3) is 11.8 Å². The monoisotopic (exact) mass is 433 g/mol. The Labute approximate surface area is 187 Å². The molecule has 32 heavy (non-hydrogen) atoms. The third kappa shape index (κ3) is 6.31. The maximum Gasteiger partial charge on any atom is 0.291 e. The summed E-state index contributed by atoms with van der Waals surface area (Å²) in [6.45, 7) is 4.52. The number of carbonyl (C=O) groups is 3. The number of para-hydroxylation sites is 1. The van der Waals surface area contributed by atoms with E-state index in [2.05, 4.69) is 16.0 Å². The van der Waals surface area contributed by atoms with Crippen molar-refractivity contribution in [3.8, 4) is 0 Å². The minimum absolute atomic E-state index is 0.134. The van der Waals surface area contributed by atoms with Crippen molar-refractivity contribution in [2.24, 2.45) is 5.92 Å². The molecule has 3 aromatic rings. The standard InChI is InChI=1S/C25H27N3O4/c1-17(2)16-26-24(30)21(15-18-9-4-3-5-10-18)28-23(29)19-11-6-7-12-20(19)27-25(31)22-13-8-14-32-22/h3-14,17,21H,15-16H2,1-2H3,(H,26,30)(H,27,31)(H,28,29)/t21-/m0/s1. The van der Waals surface area contributed by atoms with Crippen LogP contribution >= 0.6 is 0 Å². The summed E-state index contributed by atoms with van der Waals surface area (Å²) >= 11 is 0. The zero-order valence-corrected chi connectivity index (χ0v) is 18.1. The Bertz CT molecular complexity index is 1050. The molecule has 3 amide bonds. The van der Waals surface area contributed by atoms with E-state index >= 15 is 0 Å². The van der Waals surface area contributed by atoms with E-state index in [4.69, 9.17) is 4.42 Å². The van der Waals surface area contributed by atoms with Crippen molar-refractivity contribution < 1.29 is 18.8 Å². The zero-order chi connectivity index (χ0) is 22.9. The van der Waals surface area contributed by atoms with Crippen molar-refractivity contribution in [3.05, 3.63) is 89.9 Å². The number of furan rings is 1. The Hall–Kier alpha value is -3.87. The summed E-state index contributed by atoms with van der Waals surface area (Å²) in [7, 11) is 0. The normalized spacial score (nSPS) is 11.6. The highest BCUT2D eigenvalue weighted by Gasteiger charge is 2.24. The largest absolute Gasteiger partial charge is 0.459 e. The van der Waals surface area contributed by atoms with Crippen LogP contribution in [0.3, 0.4) is 0 Å². The summed E-state index contributed by atoms with van der Waals surface area (Å²) in [4.78, 5) is 38.3. The van der Waals surface area contributed by atoms with Crippen LogP contribution in [0.2, 0.25) is 0 Å². The summed E-state index contributed by atoms with van der Waals surface area (Å²) in [6.07, 6.45) is 1.74. The number of amides is 3.